The number of rotatable bonds is 1. The number of nitrogens with one attached hydrogen (secondary N) is 1. The average molecular weight is 212 g/mol. The molecular formula is C13H12N2O. The van der Waals surface area contributed by atoms with Gasteiger partial charge in [-0.2, -0.15) is 0 Å². The molecular weight excluding hydrogens is 200 g/mol. The Morgan fingerprint density at radius 1 is 1.19 bits per heavy atom. The minimum absolute atomic E-state index is 0.00778. The third kappa shape index (κ3) is 1.41. The largest absolute Gasteiger partial charge is 0.384 e. The van der Waals surface area contributed by atoms with Crippen LogP contribution in [0.5, 0.6) is 0 Å². The van der Waals surface area contributed by atoms with Gasteiger partial charge in [0.1, 0.15) is 0 Å². The second-order valence-electron chi connectivity index (χ2n) is 3.93. The molecule has 0 fully saturated rings. The zero-order valence-electron chi connectivity index (χ0n) is 8.81. The Balaban J connectivity index is 2.15. The minimum Gasteiger partial charge on any atom is -0.384 e. The zero-order chi connectivity index (χ0) is 11.0. The Labute approximate surface area is 93.4 Å². The van der Waals surface area contributed by atoms with E-state index in [4.69, 9.17) is 0 Å². The number of nitrogens with zero attached hydrogens (tertiary/aromatic N) is 1. The van der Waals surface area contributed by atoms with Crippen molar-refractivity contribution >= 4 is 5.69 Å². The molecule has 1 N–H and O–H groups in total. The molecule has 1 aromatic heterocycles. The van der Waals surface area contributed by atoms with Gasteiger partial charge < -0.3 is 5.32 Å². The summed E-state index contributed by atoms with van der Waals surface area (Å²) < 4.78 is 1.67. The van der Waals surface area contributed by atoms with Crippen LogP contribution >= 0.6 is 0 Å². The molecule has 0 saturated heterocycles. The molecule has 0 saturated carbocycles. The molecule has 0 bridgehead atoms. The minimum atomic E-state index is 0.00778. The highest BCUT2D eigenvalue weighted by atomic mass is 16.1. The molecule has 16 heavy (non-hydrogen) atoms. The molecule has 0 aliphatic carbocycles. The molecule has 0 amide bonds. The van der Waals surface area contributed by atoms with Gasteiger partial charge in [0.15, 0.2) is 0 Å². The van der Waals surface area contributed by atoms with Crippen molar-refractivity contribution in [3.8, 4) is 5.69 Å². The Hall–Kier alpha value is -2.03. The number of fused-ring (bicyclic) bond motifs is 1. The van der Waals surface area contributed by atoms with Crippen molar-refractivity contribution in [2.45, 2.75) is 6.42 Å². The van der Waals surface area contributed by atoms with Gasteiger partial charge in [-0.1, -0.05) is 6.07 Å². The third-order valence-electron chi connectivity index (χ3n) is 2.90. The zero-order valence-corrected chi connectivity index (χ0v) is 8.81. The number of benzene rings is 1. The van der Waals surface area contributed by atoms with E-state index < -0.39 is 0 Å². The van der Waals surface area contributed by atoms with Crippen molar-refractivity contribution in [3.05, 3.63) is 58.5 Å². The van der Waals surface area contributed by atoms with Gasteiger partial charge in [-0.15, -0.1) is 0 Å². The number of pyridine rings is 1. The SMILES string of the molecule is O=c1ccccn1-c1ccc2c(c1)CCN2. The highest BCUT2D eigenvalue weighted by Gasteiger charge is 2.10. The van der Waals surface area contributed by atoms with Gasteiger partial charge in [-0.05, 0) is 36.2 Å². The first-order valence-electron chi connectivity index (χ1n) is 5.39. The summed E-state index contributed by atoms with van der Waals surface area (Å²) in [5.41, 5.74) is 3.42. The van der Waals surface area contributed by atoms with E-state index in [1.54, 1.807) is 22.9 Å². The van der Waals surface area contributed by atoms with E-state index in [0.29, 0.717) is 0 Å². The van der Waals surface area contributed by atoms with E-state index in [1.807, 2.05) is 18.2 Å². The van der Waals surface area contributed by atoms with Crippen molar-refractivity contribution < 1.29 is 0 Å². The lowest BCUT2D eigenvalue weighted by Gasteiger charge is -2.07. The first kappa shape index (κ1) is 9.21. The van der Waals surface area contributed by atoms with E-state index in [9.17, 15) is 4.79 Å². The predicted molar refractivity (Wildman–Crippen MR) is 64.2 cm³/mol. The Kier molecular flexibility index (Phi) is 2.03. The van der Waals surface area contributed by atoms with Gasteiger partial charge >= 0.3 is 0 Å². The predicted octanol–water partition coefficient (Wildman–Crippen LogP) is 1.81. The molecule has 3 nitrogen and oxygen atoms in total. The van der Waals surface area contributed by atoms with Crippen LogP contribution in [0, 0.1) is 0 Å². The van der Waals surface area contributed by atoms with Crippen LogP contribution in [0.3, 0.4) is 0 Å². The highest BCUT2D eigenvalue weighted by Crippen LogP contribution is 2.23. The lowest BCUT2D eigenvalue weighted by molar-refractivity contribution is 0.985. The van der Waals surface area contributed by atoms with Crippen LogP contribution in [0.2, 0.25) is 0 Å². The van der Waals surface area contributed by atoms with Crippen LogP contribution in [0.4, 0.5) is 5.69 Å². The number of hydrogen-bond donors (Lipinski definition) is 1. The van der Waals surface area contributed by atoms with Gasteiger partial charge in [0.25, 0.3) is 5.56 Å². The molecule has 1 aliphatic rings. The van der Waals surface area contributed by atoms with Gasteiger partial charge in [0.2, 0.25) is 0 Å². The number of hydrogen-bond acceptors (Lipinski definition) is 2. The summed E-state index contributed by atoms with van der Waals surface area (Å²) >= 11 is 0. The normalized spacial score (nSPS) is 13.2. The molecule has 2 heterocycles. The topological polar surface area (TPSA) is 34.0 Å². The maximum absolute atomic E-state index is 11.7. The van der Waals surface area contributed by atoms with E-state index in [-0.39, 0.29) is 5.56 Å². The molecule has 0 atom stereocenters. The second kappa shape index (κ2) is 3.52. The van der Waals surface area contributed by atoms with Crippen LogP contribution in [0.15, 0.2) is 47.4 Å². The van der Waals surface area contributed by atoms with E-state index in [2.05, 4.69) is 11.4 Å². The molecule has 0 unspecified atom stereocenters. The summed E-state index contributed by atoms with van der Waals surface area (Å²) in [6, 6.07) is 11.3. The quantitative estimate of drug-likeness (QED) is 0.782. The molecule has 1 aliphatic heterocycles. The van der Waals surface area contributed by atoms with Gasteiger partial charge in [-0.3, -0.25) is 9.36 Å². The number of aromatic nitrogens is 1. The van der Waals surface area contributed by atoms with Gasteiger partial charge in [0.05, 0.1) is 0 Å². The van der Waals surface area contributed by atoms with Crippen LogP contribution in [-0.2, 0) is 6.42 Å². The summed E-state index contributed by atoms with van der Waals surface area (Å²) in [6.45, 7) is 0.989. The van der Waals surface area contributed by atoms with Crippen LogP contribution < -0.4 is 10.9 Å². The maximum atomic E-state index is 11.7. The van der Waals surface area contributed by atoms with E-state index >= 15 is 0 Å². The average Bonchev–Trinajstić information content (AvgIpc) is 2.76. The van der Waals surface area contributed by atoms with Crippen LogP contribution in [-0.4, -0.2) is 11.1 Å². The monoisotopic (exact) mass is 212 g/mol. The number of anilines is 1. The summed E-state index contributed by atoms with van der Waals surface area (Å²) in [6.07, 6.45) is 2.83. The molecule has 2 aromatic rings. The summed E-state index contributed by atoms with van der Waals surface area (Å²) in [7, 11) is 0. The second-order valence-corrected chi connectivity index (χ2v) is 3.93. The molecule has 3 rings (SSSR count). The highest BCUT2D eigenvalue weighted by molar-refractivity contribution is 5.59. The molecule has 1 aromatic carbocycles. The maximum Gasteiger partial charge on any atom is 0.255 e. The van der Waals surface area contributed by atoms with Crippen LogP contribution in [0.25, 0.3) is 5.69 Å². The fraction of sp³-hybridized carbons (Fsp3) is 0.154. The molecule has 3 heteroatoms. The lowest BCUT2D eigenvalue weighted by atomic mass is 10.1. The molecule has 0 spiro atoms. The Morgan fingerprint density at radius 2 is 2.12 bits per heavy atom. The first-order valence-corrected chi connectivity index (χ1v) is 5.39. The lowest BCUT2D eigenvalue weighted by Crippen LogP contribution is -2.15. The van der Waals surface area contributed by atoms with Crippen molar-refractivity contribution in [3.63, 3.8) is 0 Å². The van der Waals surface area contributed by atoms with Crippen molar-refractivity contribution in [2.24, 2.45) is 0 Å². The summed E-state index contributed by atoms with van der Waals surface area (Å²) in [5.74, 6) is 0. The van der Waals surface area contributed by atoms with Gasteiger partial charge in [0, 0.05) is 30.2 Å². The molecule has 0 radical (unpaired) electrons. The van der Waals surface area contributed by atoms with Gasteiger partial charge in [-0.25, -0.2) is 0 Å². The van der Waals surface area contributed by atoms with Crippen molar-refractivity contribution in [2.75, 3.05) is 11.9 Å². The van der Waals surface area contributed by atoms with Crippen molar-refractivity contribution in [1.82, 2.24) is 4.57 Å². The third-order valence-corrected chi connectivity index (χ3v) is 2.90. The standard InChI is InChI=1S/C13H12N2O/c16-13-3-1-2-8-15(13)11-4-5-12-10(9-11)6-7-14-12/h1-5,8-9,14H,6-7H2. The Morgan fingerprint density at radius 3 is 3.00 bits per heavy atom. The smallest absolute Gasteiger partial charge is 0.255 e. The fourth-order valence-electron chi connectivity index (χ4n) is 2.08. The Bertz CT molecular complexity index is 586. The van der Waals surface area contributed by atoms with E-state index in [1.165, 1.54) is 11.3 Å². The molecule has 80 valence electrons. The van der Waals surface area contributed by atoms with Crippen molar-refractivity contribution in [1.29, 1.82) is 0 Å². The summed E-state index contributed by atoms with van der Waals surface area (Å²) in [5, 5.41) is 3.31. The van der Waals surface area contributed by atoms with Crippen LogP contribution in [0.1, 0.15) is 5.56 Å². The first-order chi connectivity index (χ1) is 7.84. The fourth-order valence-corrected chi connectivity index (χ4v) is 2.08. The van der Waals surface area contributed by atoms with E-state index in [0.717, 1.165) is 18.7 Å². The summed E-state index contributed by atoms with van der Waals surface area (Å²) in [4.78, 5) is 11.7.